The lowest BCUT2D eigenvalue weighted by Gasteiger charge is -2.18. The van der Waals surface area contributed by atoms with Gasteiger partial charge >= 0.3 is 0 Å². The Labute approximate surface area is 163 Å². The van der Waals surface area contributed by atoms with Gasteiger partial charge in [0, 0.05) is 17.1 Å². The van der Waals surface area contributed by atoms with Gasteiger partial charge in [-0.05, 0) is 68.8 Å². The second-order valence-corrected chi connectivity index (χ2v) is 6.96. The van der Waals surface area contributed by atoms with E-state index >= 15 is 0 Å². The molecule has 2 aromatic carbocycles. The van der Waals surface area contributed by atoms with Crippen LogP contribution in [0.5, 0.6) is 5.75 Å². The predicted molar refractivity (Wildman–Crippen MR) is 111 cm³/mol. The number of halogens is 1. The van der Waals surface area contributed by atoms with Gasteiger partial charge in [0.15, 0.2) is 0 Å². The normalized spacial score (nSPS) is 11.1. The largest absolute Gasteiger partial charge is 0.489 e. The highest BCUT2D eigenvalue weighted by molar-refractivity contribution is 6.30. The van der Waals surface area contributed by atoms with Gasteiger partial charge in [-0.2, -0.15) is 0 Å². The first kappa shape index (κ1) is 20.8. The Morgan fingerprint density at radius 2 is 1.81 bits per heavy atom. The molecule has 0 bridgehead atoms. The molecule has 26 heavy (non-hydrogen) atoms. The van der Waals surface area contributed by atoms with Crippen molar-refractivity contribution in [1.82, 2.24) is 10.2 Å². The maximum atomic E-state index is 6.19. The fourth-order valence-corrected chi connectivity index (χ4v) is 3.14. The molecule has 0 aliphatic carbocycles. The Balaban J connectivity index is 1.87. The van der Waals surface area contributed by atoms with Gasteiger partial charge in [-0.3, -0.25) is 0 Å². The summed E-state index contributed by atoms with van der Waals surface area (Å²) < 4.78 is 6.08. The Bertz CT molecular complexity index is 671. The smallest absolute Gasteiger partial charge is 0.124 e. The lowest BCUT2D eigenvalue weighted by atomic mass is 10.1. The third-order valence-corrected chi connectivity index (χ3v) is 4.94. The van der Waals surface area contributed by atoms with Crippen LogP contribution in [0.25, 0.3) is 0 Å². The summed E-state index contributed by atoms with van der Waals surface area (Å²) in [5.74, 6) is 0.897. The van der Waals surface area contributed by atoms with Gasteiger partial charge in [-0.15, -0.1) is 0 Å². The first-order chi connectivity index (χ1) is 12.6. The number of hydrogen-bond acceptors (Lipinski definition) is 3. The average Bonchev–Trinajstić information content (AvgIpc) is 2.65. The van der Waals surface area contributed by atoms with Crippen molar-refractivity contribution in [2.75, 3.05) is 26.2 Å². The Morgan fingerprint density at radius 3 is 2.54 bits per heavy atom. The van der Waals surface area contributed by atoms with Gasteiger partial charge in [-0.25, -0.2) is 0 Å². The fraction of sp³-hybridized carbons (Fsp3) is 0.455. The first-order valence-electron chi connectivity index (χ1n) is 9.52. The molecule has 4 heteroatoms. The molecule has 2 aromatic rings. The highest BCUT2D eigenvalue weighted by atomic mass is 35.5. The number of benzene rings is 2. The molecular formula is C22H31ClN2O. The topological polar surface area (TPSA) is 24.5 Å². The molecule has 142 valence electrons. The van der Waals surface area contributed by atoms with E-state index in [0.717, 1.165) is 55.5 Å². The van der Waals surface area contributed by atoms with Crippen molar-refractivity contribution in [3.63, 3.8) is 0 Å². The standard InChI is InChI=1S/C22H31ClN2O/c1-4-25(5-2)14-8-13-24-16-20-15-21(23)11-12-22(20)26-17-19-10-7-6-9-18(19)3/h6-7,9-12,15,24H,4-5,8,13-14,16-17H2,1-3H3. The first-order valence-corrected chi connectivity index (χ1v) is 9.90. The molecule has 0 saturated carbocycles. The van der Waals surface area contributed by atoms with Crippen molar-refractivity contribution in [2.45, 2.75) is 40.3 Å². The number of ether oxygens (including phenoxy) is 1. The number of hydrogen-bond donors (Lipinski definition) is 1. The molecule has 0 aliphatic heterocycles. The van der Waals surface area contributed by atoms with Crippen LogP contribution in [0.15, 0.2) is 42.5 Å². The van der Waals surface area contributed by atoms with Crippen molar-refractivity contribution in [3.05, 3.63) is 64.2 Å². The quantitative estimate of drug-likeness (QED) is 0.557. The van der Waals surface area contributed by atoms with E-state index in [4.69, 9.17) is 16.3 Å². The summed E-state index contributed by atoms with van der Waals surface area (Å²) in [6.45, 7) is 12.2. The molecular weight excluding hydrogens is 344 g/mol. The van der Waals surface area contributed by atoms with Crippen LogP contribution in [0.3, 0.4) is 0 Å². The van der Waals surface area contributed by atoms with Crippen molar-refractivity contribution in [2.24, 2.45) is 0 Å². The zero-order chi connectivity index (χ0) is 18.8. The lowest BCUT2D eigenvalue weighted by Crippen LogP contribution is -2.27. The third kappa shape index (κ3) is 6.64. The molecule has 0 heterocycles. The monoisotopic (exact) mass is 374 g/mol. The molecule has 0 aliphatic rings. The molecule has 0 unspecified atom stereocenters. The summed E-state index contributed by atoms with van der Waals surface area (Å²) in [5, 5.41) is 4.26. The van der Waals surface area contributed by atoms with Crippen LogP contribution in [0.4, 0.5) is 0 Å². The van der Waals surface area contributed by atoms with Crippen molar-refractivity contribution in [1.29, 1.82) is 0 Å². The third-order valence-electron chi connectivity index (χ3n) is 4.70. The minimum absolute atomic E-state index is 0.573. The van der Waals surface area contributed by atoms with E-state index in [-0.39, 0.29) is 0 Å². The SMILES string of the molecule is CCN(CC)CCCNCc1cc(Cl)ccc1OCc1ccccc1C. The second kappa shape index (κ2) is 11.2. The molecule has 0 atom stereocenters. The van der Waals surface area contributed by atoms with Crippen molar-refractivity contribution < 1.29 is 4.74 Å². The molecule has 0 spiro atoms. The van der Waals surface area contributed by atoms with Crippen LogP contribution in [0.2, 0.25) is 5.02 Å². The van der Waals surface area contributed by atoms with Crippen LogP contribution in [0, 0.1) is 6.92 Å². The summed E-state index contributed by atoms with van der Waals surface area (Å²) >= 11 is 6.19. The van der Waals surface area contributed by atoms with Gasteiger partial charge < -0.3 is 15.0 Å². The molecule has 0 radical (unpaired) electrons. The van der Waals surface area contributed by atoms with Gasteiger partial charge in [0.2, 0.25) is 0 Å². The van der Waals surface area contributed by atoms with Gasteiger partial charge in [0.1, 0.15) is 12.4 Å². The summed E-state index contributed by atoms with van der Waals surface area (Å²) in [6, 6.07) is 14.2. The van der Waals surface area contributed by atoms with E-state index in [1.165, 1.54) is 11.1 Å². The molecule has 0 aromatic heterocycles. The molecule has 0 fully saturated rings. The Morgan fingerprint density at radius 1 is 1.04 bits per heavy atom. The van der Waals surface area contributed by atoms with E-state index < -0.39 is 0 Å². The zero-order valence-electron chi connectivity index (χ0n) is 16.2. The number of nitrogens with zero attached hydrogens (tertiary/aromatic N) is 1. The second-order valence-electron chi connectivity index (χ2n) is 6.52. The van der Waals surface area contributed by atoms with E-state index in [9.17, 15) is 0 Å². The summed E-state index contributed by atoms with van der Waals surface area (Å²) in [4.78, 5) is 2.44. The maximum absolute atomic E-state index is 6.19. The fourth-order valence-electron chi connectivity index (χ4n) is 2.95. The van der Waals surface area contributed by atoms with Crippen LogP contribution in [-0.4, -0.2) is 31.1 Å². The van der Waals surface area contributed by atoms with Crippen molar-refractivity contribution >= 4 is 11.6 Å². The predicted octanol–water partition coefficient (Wildman–Crippen LogP) is 5.05. The lowest BCUT2D eigenvalue weighted by molar-refractivity contribution is 0.295. The van der Waals surface area contributed by atoms with E-state index in [2.05, 4.69) is 49.2 Å². The Hall–Kier alpha value is -1.55. The summed E-state index contributed by atoms with van der Waals surface area (Å²) in [6.07, 6.45) is 1.14. The van der Waals surface area contributed by atoms with Gasteiger partial charge in [-0.1, -0.05) is 49.7 Å². The van der Waals surface area contributed by atoms with E-state index in [1.807, 2.05) is 24.3 Å². The highest BCUT2D eigenvalue weighted by Crippen LogP contribution is 2.24. The van der Waals surface area contributed by atoms with Crippen molar-refractivity contribution in [3.8, 4) is 5.75 Å². The molecule has 1 N–H and O–H groups in total. The minimum atomic E-state index is 0.573. The molecule has 0 saturated heterocycles. The molecule has 3 nitrogen and oxygen atoms in total. The van der Waals surface area contributed by atoms with Crippen LogP contribution < -0.4 is 10.1 Å². The number of nitrogens with one attached hydrogen (secondary N) is 1. The molecule has 2 rings (SSSR count). The van der Waals surface area contributed by atoms with Crippen LogP contribution >= 0.6 is 11.6 Å². The van der Waals surface area contributed by atoms with E-state index in [0.29, 0.717) is 6.61 Å². The molecule has 0 amide bonds. The maximum Gasteiger partial charge on any atom is 0.124 e. The Kier molecular flexibility index (Phi) is 8.96. The highest BCUT2D eigenvalue weighted by Gasteiger charge is 2.07. The number of aryl methyl sites for hydroxylation is 1. The van der Waals surface area contributed by atoms with Gasteiger partial charge in [0.05, 0.1) is 0 Å². The minimum Gasteiger partial charge on any atom is -0.489 e. The number of rotatable bonds is 11. The van der Waals surface area contributed by atoms with Crippen LogP contribution in [0.1, 0.15) is 37.0 Å². The zero-order valence-corrected chi connectivity index (χ0v) is 17.0. The summed E-state index contributed by atoms with van der Waals surface area (Å²) in [5.41, 5.74) is 3.56. The average molecular weight is 375 g/mol. The van der Waals surface area contributed by atoms with Gasteiger partial charge in [0.25, 0.3) is 0 Å². The van der Waals surface area contributed by atoms with E-state index in [1.54, 1.807) is 0 Å². The summed E-state index contributed by atoms with van der Waals surface area (Å²) in [7, 11) is 0. The van der Waals surface area contributed by atoms with Crippen LogP contribution in [-0.2, 0) is 13.2 Å².